The zero-order chi connectivity index (χ0) is 9.10. The van der Waals surface area contributed by atoms with E-state index in [-0.39, 0.29) is 6.04 Å². The summed E-state index contributed by atoms with van der Waals surface area (Å²) in [4.78, 5) is 0. The second kappa shape index (κ2) is 4.36. The van der Waals surface area contributed by atoms with E-state index in [2.05, 4.69) is 11.2 Å². The van der Waals surface area contributed by atoms with Crippen LogP contribution in [0.4, 0.5) is 0 Å². The van der Waals surface area contributed by atoms with Gasteiger partial charge in [-0.2, -0.15) is 11.8 Å². The van der Waals surface area contributed by atoms with Crippen LogP contribution in [0.25, 0.3) is 0 Å². The van der Waals surface area contributed by atoms with Crippen LogP contribution in [0.3, 0.4) is 0 Å². The fraction of sp³-hybridized carbons (Fsp3) is 0.800. The van der Waals surface area contributed by atoms with Crippen molar-refractivity contribution in [3.8, 4) is 12.3 Å². The number of rotatable bonds is 3. The zero-order valence-corrected chi connectivity index (χ0v) is 8.48. The van der Waals surface area contributed by atoms with E-state index >= 15 is 0 Å². The van der Waals surface area contributed by atoms with E-state index in [9.17, 15) is 0 Å². The molecule has 0 aromatic rings. The van der Waals surface area contributed by atoms with Gasteiger partial charge in [0.15, 0.2) is 0 Å². The third kappa shape index (κ3) is 2.19. The first kappa shape index (κ1) is 9.39. The first-order valence-electron chi connectivity index (χ1n) is 4.78. The van der Waals surface area contributed by atoms with Crippen molar-refractivity contribution >= 4 is 11.8 Å². The quantitative estimate of drug-likeness (QED) is 0.674. The predicted octanol–water partition coefficient (Wildman–Crippen LogP) is 0.730. The summed E-state index contributed by atoms with van der Waals surface area (Å²) in [7, 11) is 0. The summed E-state index contributed by atoms with van der Waals surface area (Å²) in [6, 6.07) is 0.875. The Hall–Kier alpha value is -0.170. The molecule has 2 unspecified atom stereocenters. The topological polar surface area (TPSA) is 21.3 Å². The van der Waals surface area contributed by atoms with Crippen molar-refractivity contribution in [3.63, 3.8) is 0 Å². The third-order valence-electron chi connectivity index (χ3n) is 2.67. The number of hydrogen-bond acceptors (Lipinski definition) is 3. The predicted molar refractivity (Wildman–Crippen MR) is 55.8 cm³/mol. The largest absolute Gasteiger partial charge is 0.381 e. The van der Waals surface area contributed by atoms with Crippen LogP contribution in [0.2, 0.25) is 0 Å². The average Bonchev–Trinajstić information content (AvgIpc) is 2.55. The summed E-state index contributed by atoms with van der Waals surface area (Å²) in [5.41, 5.74) is 0. The number of terminal acetylenes is 1. The molecular weight excluding hydrogens is 182 g/mol. The molecule has 2 aliphatic rings. The van der Waals surface area contributed by atoms with Gasteiger partial charge in [-0.1, -0.05) is 5.92 Å². The summed E-state index contributed by atoms with van der Waals surface area (Å²) in [5, 5.41) is 3.51. The molecule has 2 nitrogen and oxygen atoms in total. The molecule has 2 fully saturated rings. The molecule has 0 aromatic carbocycles. The van der Waals surface area contributed by atoms with Gasteiger partial charge in [-0.25, -0.2) is 0 Å². The van der Waals surface area contributed by atoms with E-state index in [1.54, 1.807) is 0 Å². The maximum atomic E-state index is 5.50. The van der Waals surface area contributed by atoms with Crippen molar-refractivity contribution in [1.82, 2.24) is 5.32 Å². The van der Waals surface area contributed by atoms with Gasteiger partial charge in [0.05, 0.1) is 12.6 Å². The van der Waals surface area contributed by atoms with Crippen LogP contribution in [0.5, 0.6) is 0 Å². The molecule has 2 rings (SSSR count). The minimum absolute atomic E-state index is 0.230. The Labute approximate surface area is 83.8 Å². The fourth-order valence-electron chi connectivity index (χ4n) is 1.72. The van der Waals surface area contributed by atoms with Gasteiger partial charge in [0, 0.05) is 30.1 Å². The molecular formula is C10H15NOS. The molecule has 3 heteroatoms. The van der Waals surface area contributed by atoms with Gasteiger partial charge in [0.1, 0.15) is 0 Å². The summed E-state index contributed by atoms with van der Waals surface area (Å²) in [6.07, 6.45) is 6.62. The van der Waals surface area contributed by atoms with Crippen molar-refractivity contribution in [3.05, 3.63) is 0 Å². The number of ether oxygens (including phenoxy) is 1. The van der Waals surface area contributed by atoms with Crippen LogP contribution in [0.15, 0.2) is 0 Å². The maximum Gasteiger partial charge on any atom is 0.0741 e. The number of nitrogens with one attached hydrogen (secondary N) is 1. The highest BCUT2D eigenvalue weighted by Gasteiger charge is 2.28. The highest BCUT2D eigenvalue weighted by Crippen LogP contribution is 2.21. The Kier molecular flexibility index (Phi) is 3.15. The van der Waals surface area contributed by atoms with Gasteiger partial charge in [-0.15, -0.1) is 6.42 Å². The lowest BCUT2D eigenvalue weighted by Gasteiger charge is -2.30. The molecule has 0 radical (unpaired) electrons. The Morgan fingerprint density at radius 1 is 1.54 bits per heavy atom. The average molecular weight is 197 g/mol. The van der Waals surface area contributed by atoms with Crippen LogP contribution in [0, 0.1) is 18.3 Å². The first-order valence-corrected chi connectivity index (χ1v) is 5.93. The summed E-state index contributed by atoms with van der Waals surface area (Å²) in [6.45, 7) is 1.71. The fourth-order valence-corrected chi connectivity index (χ4v) is 2.39. The normalized spacial score (nSPS) is 30.8. The van der Waals surface area contributed by atoms with Crippen molar-refractivity contribution in [2.75, 3.05) is 24.7 Å². The van der Waals surface area contributed by atoms with Crippen molar-refractivity contribution in [1.29, 1.82) is 0 Å². The molecule has 72 valence electrons. The minimum Gasteiger partial charge on any atom is -0.381 e. The second-order valence-electron chi connectivity index (χ2n) is 3.67. The van der Waals surface area contributed by atoms with Gasteiger partial charge >= 0.3 is 0 Å². The molecule has 2 saturated heterocycles. The van der Waals surface area contributed by atoms with E-state index in [4.69, 9.17) is 11.2 Å². The molecule has 13 heavy (non-hydrogen) atoms. The molecule has 0 aromatic heterocycles. The number of hydrogen-bond donors (Lipinski definition) is 1. The van der Waals surface area contributed by atoms with E-state index < -0.39 is 0 Å². The molecule has 0 saturated carbocycles. The zero-order valence-electron chi connectivity index (χ0n) is 7.66. The summed E-state index contributed by atoms with van der Waals surface area (Å²) >= 11 is 1.98. The minimum atomic E-state index is 0.230. The SMILES string of the molecule is C#CC(NC1CSC1)C1CCOC1. The van der Waals surface area contributed by atoms with Crippen molar-refractivity contribution in [2.45, 2.75) is 18.5 Å². The molecule has 1 N–H and O–H groups in total. The Morgan fingerprint density at radius 3 is 2.85 bits per heavy atom. The molecule has 2 aliphatic heterocycles. The molecule has 2 heterocycles. The van der Waals surface area contributed by atoms with Crippen LogP contribution >= 0.6 is 11.8 Å². The lowest BCUT2D eigenvalue weighted by Crippen LogP contribution is -2.48. The van der Waals surface area contributed by atoms with Crippen LogP contribution in [-0.2, 0) is 4.74 Å². The van der Waals surface area contributed by atoms with Crippen molar-refractivity contribution in [2.24, 2.45) is 5.92 Å². The first-order chi connectivity index (χ1) is 6.40. The van der Waals surface area contributed by atoms with Crippen LogP contribution < -0.4 is 5.32 Å². The lowest BCUT2D eigenvalue weighted by molar-refractivity contribution is 0.180. The van der Waals surface area contributed by atoms with E-state index in [0.717, 1.165) is 19.6 Å². The Morgan fingerprint density at radius 2 is 2.38 bits per heavy atom. The van der Waals surface area contributed by atoms with E-state index in [1.807, 2.05) is 11.8 Å². The van der Waals surface area contributed by atoms with Gasteiger partial charge in [0.2, 0.25) is 0 Å². The van der Waals surface area contributed by atoms with Gasteiger partial charge in [0.25, 0.3) is 0 Å². The van der Waals surface area contributed by atoms with Crippen LogP contribution in [-0.4, -0.2) is 36.8 Å². The number of thioether (sulfide) groups is 1. The van der Waals surface area contributed by atoms with Gasteiger partial charge < -0.3 is 4.74 Å². The van der Waals surface area contributed by atoms with Crippen LogP contribution in [0.1, 0.15) is 6.42 Å². The van der Waals surface area contributed by atoms with E-state index in [1.165, 1.54) is 11.5 Å². The third-order valence-corrected chi connectivity index (χ3v) is 3.95. The Balaban J connectivity index is 1.81. The molecule has 0 aliphatic carbocycles. The van der Waals surface area contributed by atoms with E-state index in [0.29, 0.717) is 12.0 Å². The summed E-state index contributed by atoms with van der Waals surface area (Å²) < 4.78 is 5.33. The molecule has 0 bridgehead atoms. The highest BCUT2D eigenvalue weighted by atomic mass is 32.2. The Bertz CT molecular complexity index is 203. The van der Waals surface area contributed by atoms with Crippen molar-refractivity contribution < 1.29 is 4.74 Å². The lowest BCUT2D eigenvalue weighted by atomic mass is 9.99. The monoisotopic (exact) mass is 197 g/mol. The maximum absolute atomic E-state index is 5.50. The molecule has 0 amide bonds. The van der Waals surface area contributed by atoms with Gasteiger partial charge in [-0.3, -0.25) is 5.32 Å². The highest BCUT2D eigenvalue weighted by molar-refractivity contribution is 8.00. The van der Waals surface area contributed by atoms with Gasteiger partial charge in [-0.05, 0) is 6.42 Å². The smallest absolute Gasteiger partial charge is 0.0741 e. The standard InChI is InChI=1S/C10H15NOS/c1-2-10(8-3-4-12-5-8)11-9-6-13-7-9/h1,8-11H,3-7H2. The second-order valence-corrected chi connectivity index (χ2v) is 4.74. The molecule has 0 spiro atoms. The molecule has 2 atom stereocenters. The summed E-state index contributed by atoms with van der Waals surface area (Å²) in [5.74, 6) is 5.81.